The highest BCUT2D eigenvalue weighted by Crippen LogP contribution is 2.34. The van der Waals surface area contributed by atoms with Gasteiger partial charge in [0.15, 0.2) is 0 Å². The second-order valence-electron chi connectivity index (χ2n) is 7.53. The van der Waals surface area contributed by atoms with Gasteiger partial charge in [-0.05, 0) is 51.7 Å². The molecule has 3 rings (SSSR count). The third-order valence-corrected chi connectivity index (χ3v) is 5.69. The van der Waals surface area contributed by atoms with Crippen molar-refractivity contribution < 1.29 is 14.4 Å². The Morgan fingerprint density at radius 3 is 2.48 bits per heavy atom. The van der Waals surface area contributed by atoms with Crippen LogP contribution >= 0.6 is 0 Å². The molecule has 2 N–H and O–H groups in total. The van der Waals surface area contributed by atoms with Gasteiger partial charge < -0.3 is 15.5 Å². The van der Waals surface area contributed by atoms with Crippen LogP contribution in [0.4, 0.5) is 4.79 Å². The molecule has 0 aromatic rings. The van der Waals surface area contributed by atoms with E-state index >= 15 is 0 Å². The predicted octanol–water partition coefficient (Wildman–Crippen LogP) is 1.23. The lowest BCUT2D eigenvalue weighted by Crippen LogP contribution is -2.44. The minimum absolute atomic E-state index is 0.0911. The largest absolute Gasteiger partial charge is 0.356 e. The molecule has 25 heavy (non-hydrogen) atoms. The zero-order chi connectivity index (χ0) is 17.7. The van der Waals surface area contributed by atoms with Gasteiger partial charge in [0.1, 0.15) is 5.54 Å². The fourth-order valence-corrected chi connectivity index (χ4v) is 4.21. The van der Waals surface area contributed by atoms with Crippen molar-refractivity contribution in [1.29, 1.82) is 0 Å². The number of urea groups is 1. The standard InChI is InChI=1S/C18H30N4O3/c23-15(19-10-6-13-21-11-4-1-5-12-21)7-14-22-16(24)18(20-17(22)25)8-2-3-9-18/h1-14H2,(H,19,23)(H,20,25). The second kappa shape index (κ2) is 8.17. The fraction of sp³-hybridized carbons (Fsp3) is 0.833. The summed E-state index contributed by atoms with van der Waals surface area (Å²) < 4.78 is 0. The first-order valence-electron chi connectivity index (χ1n) is 9.74. The van der Waals surface area contributed by atoms with Gasteiger partial charge in [0.2, 0.25) is 5.91 Å². The van der Waals surface area contributed by atoms with Crippen LogP contribution in [0.1, 0.15) is 57.8 Å². The number of nitrogens with zero attached hydrogens (tertiary/aromatic N) is 2. The zero-order valence-corrected chi connectivity index (χ0v) is 15.0. The number of nitrogens with one attached hydrogen (secondary N) is 2. The van der Waals surface area contributed by atoms with Gasteiger partial charge in [-0.3, -0.25) is 14.5 Å². The number of imide groups is 1. The molecular formula is C18H30N4O3. The molecule has 0 bridgehead atoms. The summed E-state index contributed by atoms with van der Waals surface area (Å²) in [5, 5.41) is 5.74. The average Bonchev–Trinajstić information content (AvgIpc) is 3.17. The maximum Gasteiger partial charge on any atom is 0.325 e. The number of likely N-dealkylation sites (tertiary alicyclic amines) is 1. The van der Waals surface area contributed by atoms with Crippen LogP contribution in [0, 0.1) is 0 Å². The lowest BCUT2D eigenvalue weighted by atomic mass is 9.98. The molecule has 7 heteroatoms. The summed E-state index contributed by atoms with van der Waals surface area (Å²) in [6.07, 6.45) is 8.38. The Bertz CT molecular complexity index is 510. The van der Waals surface area contributed by atoms with Gasteiger partial charge in [0, 0.05) is 19.5 Å². The van der Waals surface area contributed by atoms with Crippen molar-refractivity contribution in [3.05, 3.63) is 0 Å². The SMILES string of the molecule is O=C(CCN1C(=O)NC2(CCCC2)C1=O)NCCCN1CCCCC1. The Morgan fingerprint density at radius 2 is 1.76 bits per heavy atom. The number of hydrogen-bond donors (Lipinski definition) is 2. The molecular weight excluding hydrogens is 320 g/mol. The number of hydrogen-bond acceptors (Lipinski definition) is 4. The van der Waals surface area contributed by atoms with Crippen LogP contribution < -0.4 is 10.6 Å². The van der Waals surface area contributed by atoms with E-state index in [1.807, 2.05) is 0 Å². The van der Waals surface area contributed by atoms with E-state index in [1.54, 1.807) is 0 Å². The molecule has 7 nitrogen and oxygen atoms in total. The third-order valence-electron chi connectivity index (χ3n) is 5.69. The van der Waals surface area contributed by atoms with Crippen molar-refractivity contribution in [2.45, 2.75) is 63.3 Å². The maximum atomic E-state index is 12.5. The highest BCUT2D eigenvalue weighted by Gasteiger charge is 2.52. The average molecular weight is 350 g/mol. The third kappa shape index (κ3) is 4.32. The van der Waals surface area contributed by atoms with Crippen LogP contribution in [0.15, 0.2) is 0 Å². The van der Waals surface area contributed by atoms with Gasteiger partial charge in [-0.2, -0.15) is 0 Å². The van der Waals surface area contributed by atoms with Crippen molar-refractivity contribution in [3.63, 3.8) is 0 Å². The molecule has 3 fully saturated rings. The molecule has 0 radical (unpaired) electrons. The van der Waals surface area contributed by atoms with Gasteiger partial charge in [-0.25, -0.2) is 4.79 Å². The monoisotopic (exact) mass is 350 g/mol. The summed E-state index contributed by atoms with van der Waals surface area (Å²) >= 11 is 0. The van der Waals surface area contributed by atoms with E-state index in [4.69, 9.17) is 0 Å². The summed E-state index contributed by atoms with van der Waals surface area (Å²) in [7, 11) is 0. The molecule has 1 spiro atoms. The lowest BCUT2D eigenvalue weighted by Gasteiger charge is -2.26. The molecule has 1 aliphatic carbocycles. The first kappa shape index (κ1) is 18.2. The van der Waals surface area contributed by atoms with Crippen molar-refractivity contribution in [3.8, 4) is 0 Å². The summed E-state index contributed by atoms with van der Waals surface area (Å²) in [4.78, 5) is 40.2. The fourth-order valence-electron chi connectivity index (χ4n) is 4.21. The van der Waals surface area contributed by atoms with Crippen molar-refractivity contribution in [1.82, 2.24) is 20.4 Å². The van der Waals surface area contributed by atoms with Gasteiger partial charge >= 0.3 is 6.03 Å². The van der Waals surface area contributed by atoms with Crippen molar-refractivity contribution in [2.75, 3.05) is 32.7 Å². The molecule has 2 saturated heterocycles. The number of amides is 4. The van der Waals surface area contributed by atoms with E-state index in [0.29, 0.717) is 6.54 Å². The van der Waals surface area contributed by atoms with Gasteiger partial charge in [0.05, 0.1) is 0 Å². The molecule has 3 aliphatic rings. The molecule has 1 saturated carbocycles. The lowest BCUT2D eigenvalue weighted by molar-refractivity contribution is -0.131. The Kier molecular flexibility index (Phi) is 5.93. The summed E-state index contributed by atoms with van der Waals surface area (Å²) in [5.74, 6) is -0.237. The van der Waals surface area contributed by atoms with E-state index < -0.39 is 5.54 Å². The molecule has 2 aliphatic heterocycles. The molecule has 0 atom stereocenters. The molecule has 4 amide bonds. The quantitative estimate of drug-likeness (QED) is 0.534. The van der Waals surface area contributed by atoms with Gasteiger partial charge in [0.25, 0.3) is 5.91 Å². The Balaban J connectivity index is 1.33. The Hall–Kier alpha value is -1.63. The van der Waals surface area contributed by atoms with Crippen LogP contribution in [0.3, 0.4) is 0 Å². The number of piperidine rings is 1. The molecule has 0 aromatic heterocycles. The van der Waals surface area contributed by atoms with Gasteiger partial charge in [-0.1, -0.05) is 19.3 Å². The molecule has 140 valence electrons. The first-order chi connectivity index (χ1) is 12.1. The molecule has 0 aromatic carbocycles. The summed E-state index contributed by atoms with van der Waals surface area (Å²) in [5.41, 5.74) is -0.679. The van der Waals surface area contributed by atoms with Crippen LogP contribution in [0.25, 0.3) is 0 Å². The van der Waals surface area contributed by atoms with E-state index in [-0.39, 0.29) is 30.8 Å². The smallest absolute Gasteiger partial charge is 0.325 e. The molecule has 0 unspecified atom stereocenters. The van der Waals surface area contributed by atoms with E-state index in [9.17, 15) is 14.4 Å². The zero-order valence-electron chi connectivity index (χ0n) is 15.0. The van der Waals surface area contributed by atoms with E-state index in [0.717, 1.165) is 38.6 Å². The van der Waals surface area contributed by atoms with E-state index in [2.05, 4.69) is 15.5 Å². The van der Waals surface area contributed by atoms with Crippen LogP contribution in [-0.2, 0) is 9.59 Å². The van der Waals surface area contributed by atoms with Crippen LogP contribution in [0.5, 0.6) is 0 Å². The van der Waals surface area contributed by atoms with Crippen molar-refractivity contribution in [2.24, 2.45) is 0 Å². The number of rotatable bonds is 7. The van der Waals surface area contributed by atoms with Crippen LogP contribution in [0.2, 0.25) is 0 Å². The van der Waals surface area contributed by atoms with Crippen LogP contribution in [-0.4, -0.2) is 65.9 Å². The normalized spacial score (nSPS) is 23.3. The summed E-state index contributed by atoms with van der Waals surface area (Å²) in [6.45, 7) is 4.18. The highest BCUT2D eigenvalue weighted by molar-refractivity contribution is 6.07. The maximum absolute atomic E-state index is 12.5. The second-order valence-corrected chi connectivity index (χ2v) is 7.53. The van der Waals surface area contributed by atoms with Gasteiger partial charge in [-0.15, -0.1) is 0 Å². The number of carbonyl (C=O) groups excluding carboxylic acids is 3. The van der Waals surface area contributed by atoms with Crippen molar-refractivity contribution >= 4 is 17.8 Å². The first-order valence-corrected chi connectivity index (χ1v) is 9.74. The summed E-state index contributed by atoms with van der Waals surface area (Å²) in [6, 6.07) is -0.343. The minimum atomic E-state index is -0.679. The van der Waals surface area contributed by atoms with E-state index in [1.165, 1.54) is 37.3 Å². The number of carbonyl (C=O) groups is 3. The predicted molar refractivity (Wildman–Crippen MR) is 94.0 cm³/mol. The Morgan fingerprint density at radius 1 is 1.04 bits per heavy atom. The highest BCUT2D eigenvalue weighted by atomic mass is 16.2. The molecule has 2 heterocycles. The topological polar surface area (TPSA) is 81.8 Å². The Labute approximate surface area is 149 Å². The minimum Gasteiger partial charge on any atom is -0.356 e.